The number of hydrogen-bond donors (Lipinski definition) is 1. The van der Waals surface area contributed by atoms with E-state index in [4.69, 9.17) is 8.83 Å². The number of carbonyl (C=O) groups excluding carboxylic acids is 2. The molecule has 0 saturated carbocycles. The van der Waals surface area contributed by atoms with Crippen molar-refractivity contribution in [2.75, 3.05) is 13.1 Å². The first kappa shape index (κ1) is 17.8. The predicted octanol–water partition coefficient (Wildman–Crippen LogP) is 3.21. The van der Waals surface area contributed by atoms with Crippen LogP contribution in [0.2, 0.25) is 0 Å². The Morgan fingerprint density at radius 2 is 2.04 bits per heavy atom. The van der Waals surface area contributed by atoms with Crippen molar-refractivity contribution in [3.05, 3.63) is 48.3 Å². The van der Waals surface area contributed by atoms with Crippen LogP contribution in [0.15, 0.2) is 45.8 Å². The van der Waals surface area contributed by atoms with Crippen molar-refractivity contribution in [2.24, 2.45) is 0 Å². The molecule has 0 saturated heterocycles. The SMILES string of the molecule is CCCCCN(CCC(=O)NCc1ccco1)C(=O)c1ccoc1. The lowest BCUT2D eigenvalue weighted by molar-refractivity contribution is -0.121. The Balaban J connectivity index is 1.82. The van der Waals surface area contributed by atoms with E-state index < -0.39 is 0 Å². The highest BCUT2D eigenvalue weighted by Crippen LogP contribution is 2.09. The first-order chi connectivity index (χ1) is 11.7. The Bertz CT molecular complexity index is 605. The molecule has 0 fully saturated rings. The van der Waals surface area contributed by atoms with Gasteiger partial charge < -0.3 is 19.1 Å². The fourth-order valence-corrected chi connectivity index (χ4v) is 2.36. The Morgan fingerprint density at radius 3 is 2.71 bits per heavy atom. The van der Waals surface area contributed by atoms with E-state index in [9.17, 15) is 9.59 Å². The number of nitrogens with one attached hydrogen (secondary N) is 1. The fraction of sp³-hybridized carbons (Fsp3) is 0.444. The topological polar surface area (TPSA) is 75.7 Å². The van der Waals surface area contributed by atoms with Gasteiger partial charge in [-0.2, -0.15) is 0 Å². The molecule has 0 spiro atoms. The van der Waals surface area contributed by atoms with E-state index in [1.807, 2.05) is 0 Å². The van der Waals surface area contributed by atoms with Crippen LogP contribution in [-0.2, 0) is 11.3 Å². The number of carbonyl (C=O) groups is 2. The summed E-state index contributed by atoms with van der Waals surface area (Å²) in [7, 11) is 0. The minimum atomic E-state index is -0.105. The molecule has 0 aliphatic heterocycles. The van der Waals surface area contributed by atoms with Crippen LogP contribution in [0.4, 0.5) is 0 Å². The molecule has 2 aromatic heterocycles. The van der Waals surface area contributed by atoms with Gasteiger partial charge in [-0.25, -0.2) is 0 Å². The third-order valence-corrected chi connectivity index (χ3v) is 3.74. The molecular formula is C18H24N2O4. The molecule has 24 heavy (non-hydrogen) atoms. The van der Waals surface area contributed by atoms with Crippen LogP contribution >= 0.6 is 0 Å². The monoisotopic (exact) mass is 332 g/mol. The first-order valence-corrected chi connectivity index (χ1v) is 8.31. The summed E-state index contributed by atoms with van der Waals surface area (Å²) in [5, 5.41) is 2.79. The Morgan fingerprint density at radius 1 is 1.17 bits per heavy atom. The van der Waals surface area contributed by atoms with Crippen LogP contribution in [0.5, 0.6) is 0 Å². The fourth-order valence-electron chi connectivity index (χ4n) is 2.36. The average molecular weight is 332 g/mol. The largest absolute Gasteiger partial charge is 0.472 e. The number of nitrogens with zero attached hydrogens (tertiary/aromatic N) is 1. The van der Waals surface area contributed by atoms with E-state index in [0.29, 0.717) is 31.0 Å². The normalized spacial score (nSPS) is 10.5. The molecule has 0 aliphatic rings. The predicted molar refractivity (Wildman–Crippen MR) is 89.3 cm³/mol. The zero-order valence-corrected chi connectivity index (χ0v) is 14.0. The van der Waals surface area contributed by atoms with Crippen molar-refractivity contribution in [3.63, 3.8) is 0 Å². The van der Waals surface area contributed by atoms with Gasteiger partial charge in [0.25, 0.3) is 5.91 Å². The Kier molecular flexibility index (Phi) is 7.14. The Labute approximate surface area is 141 Å². The van der Waals surface area contributed by atoms with Gasteiger partial charge in [-0.1, -0.05) is 19.8 Å². The van der Waals surface area contributed by atoms with Crippen LogP contribution in [0, 0.1) is 0 Å². The number of furan rings is 2. The summed E-state index contributed by atoms with van der Waals surface area (Å²) in [5.74, 6) is 0.503. The van der Waals surface area contributed by atoms with Gasteiger partial charge in [0.1, 0.15) is 12.0 Å². The van der Waals surface area contributed by atoms with Crippen LogP contribution in [0.3, 0.4) is 0 Å². The maximum atomic E-state index is 12.5. The molecule has 0 atom stereocenters. The van der Waals surface area contributed by atoms with Gasteiger partial charge in [-0.3, -0.25) is 9.59 Å². The zero-order valence-electron chi connectivity index (χ0n) is 14.0. The molecule has 2 rings (SSSR count). The van der Waals surface area contributed by atoms with Crippen LogP contribution in [0.1, 0.15) is 48.7 Å². The van der Waals surface area contributed by atoms with Crippen LogP contribution in [0.25, 0.3) is 0 Å². The van der Waals surface area contributed by atoms with Crippen molar-refractivity contribution in [1.82, 2.24) is 10.2 Å². The summed E-state index contributed by atoms with van der Waals surface area (Å²) < 4.78 is 10.2. The van der Waals surface area contributed by atoms with Gasteiger partial charge in [0.2, 0.25) is 5.91 Å². The lowest BCUT2D eigenvalue weighted by atomic mass is 10.2. The molecule has 0 radical (unpaired) electrons. The maximum absolute atomic E-state index is 12.5. The summed E-state index contributed by atoms with van der Waals surface area (Å²) in [4.78, 5) is 26.2. The van der Waals surface area contributed by atoms with Gasteiger partial charge in [-0.05, 0) is 24.6 Å². The summed E-state index contributed by atoms with van der Waals surface area (Å²) in [6.45, 7) is 3.50. The van der Waals surface area contributed by atoms with Crippen molar-refractivity contribution >= 4 is 11.8 Å². The molecule has 2 heterocycles. The van der Waals surface area contributed by atoms with Crippen LogP contribution < -0.4 is 5.32 Å². The van der Waals surface area contributed by atoms with Gasteiger partial charge in [0, 0.05) is 19.5 Å². The lowest BCUT2D eigenvalue weighted by Crippen LogP contribution is -2.35. The van der Waals surface area contributed by atoms with E-state index >= 15 is 0 Å². The molecule has 0 unspecified atom stereocenters. The minimum absolute atomic E-state index is 0.0984. The quantitative estimate of drug-likeness (QED) is 0.678. The van der Waals surface area contributed by atoms with Gasteiger partial charge >= 0.3 is 0 Å². The minimum Gasteiger partial charge on any atom is -0.472 e. The molecule has 2 aromatic rings. The summed E-state index contributed by atoms with van der Waals surface area (Å²) in [6, 6.07) is 5.23. The summed E-state index contributed by atoms with van der Waals surface area (Å²) >= 11 is 0. The van der Waals surface area contributed by atoms with Crippen molar-refractivity contribution in [2.45, 2.75) is 39.2 Å². The van der Waals surface area contributed by atoms with E-state index in [1.54, 1.807) is 29.4 Å². The number of hydrogen-bond acceptors (Lipinski definition) is 4. The van der Waals surface area contributed by atoms with Gasteiger partial charge in [0.05, 0.1) is 24.6 Å². The Hall–Kier alpha value is -2.50. The van der Waals surface area contributed by atoms with Gasteiger partial charge in [-0.15, -0.1) is 0 Å². The smallest absolute Gasteiger partial charge is 0.257 e. The van der Waals surface area contributed by atoms with E-state index in [2.05, 4.69) is 12.2 Å². The molecule has 6 heteroatoms. The third kappa shape index (κ3) is 5.61. The maximum Gasteiger partial charge on any atom is 0.257 e. The molecular weight excluding hydrogens is 308 g/mol. The second kappa shape index (κ2) is 9.60. The summed E-state index contributed by atoms with van der Waals surface area (Å²) in [6.07, 6.45) is 7.81. The molecule has 2 amide bonds. The number of amides is 2. The third-order valence-electron chi connectivity index (χ3n) is 3.74. The molecule has 0 bridgehead atoms. The van der Waals surface area contributed by atoms with Crippen LogP contribution in [-0.4, -0.2) is 29.8 Å². The second-order valence-electron chi connectivity index (χ2n) is 5.62. The van der Waals surface area contributed by atoms with E-state index in [0.717, 1.165) is 19.3 Å². The lowest BCUT2D eigenvalue weighted by Gasteiger charge is -2.22. The van der Waals surface area contributed by atoms with Crippen molar-refractivity contribution < 1.29 is 18.4 Å². The first-order valence-electron chi connectivity index (χ1n) is 8.31. The second-order valence-corrected chi connectivity index (χ2v) is 5.62. The highest BCUT2D eigenvalue weighted by atomic mass is 16.3. The van der Waals surface area contributed by atoms with E-state index in [1.165, 1.54) is 12.5 Å². The number of unbranched alkanes of at least 4 members (excludes halogenated alkanes) is 2. The summed E-state index contributed by atoms with van der Waals surface area (Å²) in [5.41, 5.74) is 0.516. The van der Waals surface area contributed by atoms with Crippen molar-refractivity contribution in [3.8, 4) is 0 Å². The van der Waals surface area contributed by atoms with Crippen molar-refractivity contribution in [1.29, 1.82) is 0 Å². The molecule has 0 aromatic carbocycles. The van der Waals surface area contributed by atoms with E-state index in [-0.39, 0.29) is 18.2 Å². The highest BCUT2D eigenvalue weighted by molar-refractivity contribution is 5.94. The molecule has 6 nitrogen and oxygen atoms in total. The molecule has 0 aliphatic carbocycles. The standard InChI is InChI=1S/C18H24N2O4/c1-2-3-4-9-20(18(22)15-8-12-23-14-15)10-7-17(21)19-13-16-6-5-11-24-16/h5-6,8,11-12,14H,2-4,7,9-10,13H2,1H3,(H,19,21). The highest BCUT2D eigenvalue weighted by Gasteiger charge is 2.17. The average Bonchev–Trinajstić information content (AvgIpc) is 3.29. The number of rotatable bonds is 10. The zero-order chi connectivity index (χ0) is 17.2. The molecule has 130 valence electrons. The van der Waals surface area contributed by atoms with Gasteiger partial charge in [0.15, 0.2) is 0 Å². The molecule has 1 N–H and O–H groups in total.